The predicted octanol–water partition coefficient (Wildman–Crippen LogP) is 9.88. The second-order valence-electron chi connectivity index (χ2n) is 16.3. The van der Waals surface area contributed by atoms with Crippen LogP contribution in [0.15, 0.2) is 96.2 Å². The van der Waals surface area contributed by atoms with Crippen molar-refractivity contribution in [2.45, 2.75) is 81.1 Å². The minimum atomic E-state index is -3.13. The molecular weight excluding hydrogens is 1050 g/mol. The number of H-pyrrole nitrogens is 2. The van der Waals surface area contributed by atoms with E-state index in [1.54, 1.807) is 97.1 Å². The fourth-order valence-corrected chi connectivity index (χ4v) is 8.77. The molecule has 0 amide bonds. The highest BCUT2D eigenvalue weighted by atomic mass is 35.5. The molecule has 19 nitrogen and oxygen atoms in total. The van der Waals surface area contributed by atoms with Crippen molar-refractivity contribution in [2.75, 3.05) is 32.3 Å². The maximum atomic E-state index is 12.6. The molecule has 0 radical (unpaired) electrons. The van der Waals surface area contributed by atoms with Crippen molar-refractivity contribution < 1.29 is 47.3 Å². The summed E-state index contributed by atoms with van der Waals surface area (Å²) in [7, 11) is -3.13. The minimum absolute atomic E-state index is 0.282. The Labute approximate surface area is 451 Å². The van der Waals surface area contributed by atoms with E-state index in [2.05, 4.69) is 21.1 Å². The molecule has 2 aromatic carbocycles. The molecule has 0 saturated heterocycles. The second-order valence-corrected chi connectivity index (χ2v) is 19.8. The summed E-state index contributed by atoms with van der Waals surface area (Å²) >= 11 is 17.4. The zero-order chi connectivity index (χ0) is 55.8. The van der Waals surface area contributed by atoms with Gasteiger partial charge in [-0.25, -0.2) is 39.1 Å². The number of nitrogen functional groups attached to an aromatic ring is 1. The number of carbonyl (C=O) groups excluding carboxylic acids is 4. The zero-order valence-corrected chi connectivity index (χ0v) is 46.3. The predicted molar refractivity (Wildman–Crippen MR) is 292 cm³/mol. The molecule has 4 aromatic heterocycles. The molecule has 2 aliphatic rings. The Hall–Kier alpha value is -6.78. The van der Waals surface area contributed by atoms with Gasteiger partial charge in [-0.2, -0.15) is 10.4 Å². The van der Waals surface area contributed by atoms with Crippen molar-refractivity contribution in [3.05, 3.63) is 152 Å². The van der Waals surface area contributed by atoms with Crippen LogP contribution in [0.4, 0.5) is 0 Å². The van der Waals surface area contributed by atoms with Crippen LogP contribution in [0.2, 0.25) is 15.5 Å². The van der Waals surface area contributed by atoms with E-state index in [0.29, 0.717) is 98.5 Å². The summed E-state index contributed by atoms with van der Waals surface area (Å²) < 4.78 is 39.3. The molecule has 0 spiro atoms. The lowest BCUT2D eigenvalue weighted by Crippen LogP contribution is -2.20. The number of nitriles is 1. The van der Waals surface area contributed by atoms with Gasteiger partial charge in [-0.05, 0) is 152 Å². The quantitative estimate of drug-likeness (QED) is 0.0137. The van der Waals surface area contributed by atoms with Crippen molar-refractivity contribution in [1.29, 1.82) is 5.26 Å². The van der Waals surface area contributed by atoms with E-state index < -0.39 is 19.3 Å². The van der Waals surface area contributed by atoms with Crippen molar-refractivity contribution in [3.8, 4) is 6.07 Å². The molecule has 0 unspecified atom stereocenters. The zero-order valence-electron chi connectivity index (χ0n) is 43.2. The summed E-state index contributed by atoms with van der Waals surface area (Å²) in [6, 6.07) is 26.9. The SMILES string of the molecule is CCOC(=O)c1[nH]c(Cl)cc1C.CCOC(=O)c1[nH]ccc1C.CCOC(=O)c1c(C)cc(Cl)n1N.CCOC(=O)c1c(C)cc(Cl)n1N=C(N)C1CC1.N#CC1CC1.NOP(=O)(c1ccccc1)c1ccccc1. The van der Waals surface area contributed by atoms with Gasteiger partial charge in [-0.15, -0.1) is 0 Å². The van der Waals surface area contributed by atoms with Crippen LogP contribution in [-0.2, 0) is 28.1 Å². The Bertz CT molecular complexity index is 2880. The average molecular weight is 1110 g/mol. The van der Waals surface area contributed by atoms with E-state index in [9.17, 15) is 23.7 Å². The molecule has 23 heteroatoms. The van der Waals surface area contributed by atoms with Crippen LogP contribution < -0.4 is 28.1 Å². The number of esters is 4. The highest BCUT2D eigenvalue weighted by Crippen LogP contribution is 2.42. The van der Waals surface area contributed by atoms with Crippen molar-refractivity contribution in [2.24, 2.45) is 28.6 Å². The third-order valence-electron chi connectivity index (χ3n) is 10.4. The second kappa shape index (κ2) is 31.2. The molecule has 6 aromatic rings. The summed E-state index contributed by atoms with van der Waals surface area (Å²) in [6.45, 7) is 15.7. The molecule has 0 aliphatic heterocycles. The largest absolute Gasteiger partial charge is 0.461 e. The van der Waals surface area contributed by atoms with Gasteiger partial charge in [0.05, 0.1) is 32.5 Å². The molecule has 2 fully saturated rings. The number of nitrogens with one attached hydrogen (secondary N) is 2. The van der Waals surface area contributed by atoms with Gasteiger partial charge >= 0.3 is 23.9 Å². The number of amidine groups is 1. The molecule has 2 saturated carbocycles. The Morgan fingerprint density at radius 3 is 1.52 bits per heavy atom. The first-order valence-corrected chi connectivity index (χ1v) is 26.5. The van der Waals surface area contributed by atoms with Gasteiger partial charge in [0.15, 0.2) is 11.4 Å². The van der Waals surface area contributed by atoms with E-state index in [-0.39, 0.29) is 11.9 Å². The summed E-state index contributed by atoms with van der Waals surface area (Å²) in [5.74, 6) is 10.5. The van der Waals surface area contributed by atoms with Crippen molar-refractivity contribution >= 4 is 82.5 Å². The van der Waals surface area contributed by atoms with Crippen LogP contribution in [0.3, 0.4) is 0 Å². The molecule has 0 bridgehead atoms. The topological polar surface area (TPSA) is 287 Å². The maximum absolute atomic E-state index is 12.6. The van der Waals surface area contributed by atoms with Gasteiger partial charge in [0.1, 0.15) is 32.7 Å². The number of carbonyl (C=O) groups is 4. The van der Waals surface area contributed by atoms with E-state index in [1.165, 1.54) is 4.68 Å². The number of aromatic nitrogens is 4. The minimum Gasteiger partial charge on any atom is -0.461 e. The Kier molecular flexibility index (Phi) is 26.0. The lowest BCUT2D eigenvalue weighted by atomic mass is 10.3. The first kappa shape index (κ1) is 62.5. The number of hydrogen-bond acceptors (Lipinski definition) is 14. The first-order valence-electron chi connectivity index (χ1n) is 23.7. The summed E-state index contributed by atoms with van der Waals surface area (Å²) in [4.78, 5) is 50.9. The van der Waals surface area contributed by atoms with Gasteiger partial charge in [0, 0.05) is 28.6 Å². The number of benzene rings is 2. The van der Waals surface area contributed by atoms with Gasteiger partial charge in [-0.1, -0.05) is 71.2 Å². The normalized spacial score (nSPS) is 12.4. The number of halogens is 3. The van der Waals surface area contributed by atoms with Crippen molar-refractivity contribution in [1.82, 2.24) is 19.3 Å². The number of aromatic amines is 2. The van der Waals surface area contributed by atoms with E-state index >= 15 is 0 Å². The Balaban J connectivity index is 0.000000243. The lowest BCUT2D eigenvalue weighted by Gasteiger charge is -2.15. The van der Waals surface area contributed by atoms with Gasteiger partial charge in [0.2, 0.25) is 0 Å². The van der Waals surface area contributed by atoms with Crippen LogP contribution in [0.25, 0.3) is 0 Å². The molecule has 4 heterocycles. The van der Waals surface area contributed by atoms with Crippen LogP contribution >= 0.6 is 42.2 Å². The van der Waals surface area contributed by atoms with Gasteiger partial charge in [0.25, 0.3) is 7.37 Å². The molecule has 2 aliphatic carbocycles. The fraction of sp³-hybridized carbons (Fsp3) is 0.346. The third kappa shape index (κ3) is 19.1. The average Bonchev–Trinajstić information content (AvgIpc) is 4.31. The number of ether oxygens (including phenoxy) is 4. The van der Waals surface area contributed by atoms with E-state index in [4.69, 9.17) is 81.1 Å². The lowest BCUT2D eigenvalue weighted by molar-refractivity contribution is 0.0505. The van der Waals surface area contributed by atoms with E-state index in [1.807, 2.05) is 49.4 Å². The molecule has 404 valence electrons. The monoisotopic (exact) mass is 1110 g/mol. The number of hydrogen-bond donors (Lipinski definition) is 5. The highest BCUT2D eigenvalue weighted by molar-refractivity contribution is 7.74. The number of nitrogens with zero attached hydrogens (tertiary/aromatic N) is 4. The standard InChI is InChI=1S/C12H16ClN3O2.C12H12NO2P.C8H11ClN2O2.C8H10ClNO2.C8H11NO2.C4H5N/c1-3-18-12(17)10-7(2)6-9(13)16(10)15-11(14)8-4-5-8;13-15-16(14,11-7-3-1-4-8-11)12-9-5-2-6-10-12;1-3-13-8(12)7-5(2)4-6(9)11(7)10;1-3-12-8(11)7-5(2)4-6(9)10-7;1-3-11-8(10)7-6(2)4-5-9-7;5-3-4-1-2-4/h6,8H,3-5H2,1-2H3,(H2,14,15);1-10H,13H2;4H,3,10H2,1-2H3;4,10H,3H2,1-2H3;4-5,9H,3H2,1-2H3;4H,1-2H2. The summed E-state index contributed by atoms with van der Waals surface area (Å²) in [5, 5.41) is 14.5. The number of nitrogens with two attached hydrogens (primary N) is 3. The molecule has 8 N–H and O–H groups in total. The van der Waals surface area contributed by atoms with Crippen LogP contribution in [0.1, 0.15) is 118 Å². The molecular formula is C52H65Cl3N9O10P. The fourth-order valence-electron chi connectivity index (χ4n) is 6.31. The molecule has 8 rings (SSSR count). The summed E-state index contributed by atoms with van der Waals surface area (Å²) in [5.41, 5.74) is 10.6. The van der Waals surface area contributed by atoms with Gasteiger partial charge in [-0.3, -0.25) is 4.57 Å². The van der Waals surface area contributed by atoms with Crippen LogP contribution in [0, 0.1) is 50.9 Å². The smallest absolute Gasteiger partial charge is 0.357 e. The third-order valence-corrected chi connectivity index (χ3v) is 13.5. The van der Waals surface area contributed by atoms with Crippen molar-refractivity contribution in [3.63, 3.8) is 0 Å². The number of rotatable bonds is 13. The summed E-state index contributed by atoms with van der Waals surface area (Å²) in [6.07, 6.45) is 6.11. The maximum Gasteiger partial charge on any atom is 0.357 e. The Morgan fingerprint density at radius 1 is 0.680 bits per heavy atom. The first-order chi connectivity index (χ1) is 35.7. The molecule has 75 heavy (non-hydrogen) atoms. The number of aryl methyl sites for hydroxylation is 4. The van der Waals surface area contributed by atoms with Crippen LogP contribution in [0.5, 0.6) is 0 Å². The highest BCUT2D eigenvalue weighted by Gasteiger charge is 2.29. The van der Waals surface area contributed by atoms with Gasteiger partial charge < -0.3 is 40.5 Å². The molecule has 0 atom stereocenters. The van der Waals surface area contributed by atoms with Crippen LogP contribution in [-0.4, -0.2) is 75.5 Å². The Morgan fingerprint density at radius 2 is 1.15 bits per heavy atom. The van der Waals surface area contributed by atoms with E-state index in [0.717, 1.165) is 47.0 Å².